The van der Waals surface area contributed by atoms with Crippen LogP contribution in [-0.4, -0.2) is 83.3 Å². The van der Waals surface area contributed by atoms with Crippen LogP contribution < -0.4 is 15.5 Å². The Bertz CT molecular complexity index is 1300. The number of rotatable bonds is 5. The number of carbonyl (C=O) groups excluding carboxylic acids is 2. The lowest BCUT2D eigenvalue weighted by Crippen LogP contribution is -2.57. The highest BCUT2D eigenvalue weighted by Crippen LogP contribution is 2.42. The molecule has 4 aliphatic rings. The molecule has 2 atom stereocenters. The van der Waals surface area contributed by atoms with E-state index >= 15 is 0 Å². The Hall–Kier alpha value is -3.66. The maximum absolute atomic E-state index is 12.8. The third-order valence-electron chi connectivity index (χ3n) is 8.60. The summed E-state index contributed by atoms with van der Waals surface area (Å²) >= 11 is 0. The summed E-state index contributed by atoms with van der Waals surface area (Å²) < 4.78 is 5.49. The molecule has 4 heterocycles. The number of fused-ring (bicyclic) bond motifs is 1. The molecule has 2 aliphatic heterocycles. The van der Waals surface area contributed by atoms with Gasteiger partial charge < -0.3 is 30.2 Å². The molecule has 10 nitrogen and oxygen atoms in total. The molecule has 0 bridgehead atoms. The molecule has 206 valence electrons. The highest BCUT2D eigenvalue weighted by atomic mass is 16.5. The highest BCUT2D eigenvalue weighted by Gasteiger charge is 2.45. The van der Waals surface area contributed by atoms with Gasteiger partial charge in [-0.3, -0.25) is 4.79 Å². The molecule has 3 fully saturated rings. The average molecular weight is 532 g/mol. The molecular formula is C29H37N7O3. The number of hydrogen-bond donors (Lipinski definition) is 3. The fraction of sp³-hybridized carbons (Fsp3) is 0.517. The first-order valence-electron chi connectivity index (χ1n) is 14.1. The molecule has 2 saturated heterocycles. The predicted octanol–water partition coefficient (Wildman–Crippen LogP) is 3.15. The van der Waals surface area contributed by atoms with Crippen LogP contribution in [0.4, 0.5) is 10.6 Å². The van der Waals surface area contributed by atoms with Crippen LogP contribution in [0.25, 0.3) is 16.6 Å². The molecule has 1 saturated carbocycles. The number of H-pyrrole nitrogens is 1. The zero-order valence-electron chi connectivity index (χ0n) is 22.3. The second-order valence-electron chi connectivity index (χ2n) is 11.2. The minimum atomic E-state index is -0.115. The Balaban J connectivity index is 1.01. The quantitative estimate of drug-likeness (QED) is 0.511. The van der Waals surface area contributed by atoms with Crippen molar-refractivity contribution >= 4 is 34.4 Å². The first kappa shape index (κ1) is 25.6. The van der Waals surface area contributed by atoms with E-state index in [-0.39, 0.29) is 29.4 Å². The Kier molecular flexibility index (Phi) is 7.12. The Morgan fingerprint density at radius 3 is 2.77 bits per heavy atom. The van der Waals surface area contributed by atoms with Crippen LogP contribution in [0.5, 0.6) is 0 Å². The van der Waals surface area contributed by atoms with E-state index < -0.39 is 0 Å². The van der Waals surface area contributed by atoms with E-state index in [0.29, 0.717) is 13.2 Å². The maximum atomic E-state index is 12.8. The Morgan fingerprint density at radius 1 is 1.15 bits per heavy atom. The largest absolute Gasteiger partial charge is 0.378 e. The van der Waals surface area contributed by atoms with E-state index in [9.17, 15) is 9.59 Å². The van der Waals surface area contributed by atoms with Gasteiger partial charge in [-0.05, 0) is 49.8 Å². The molecule has 2 aromatic rings. The van der Waals surface area contributed by atoms with E-state index in [1.807, 2.05) is 4.90 Å². The minimum Gasteiger partial charge on any atom is -0.378 e. The smallest absolute Gasteiger partial charge is 0.315 e. The number of urea groups is 1. The van der Waals surface area contributed by atoms with Crippen molar-refractivity contribution in [2.75, 3.05) is 44.3 Å². The molecule has 10 heteroatoms. The van der Waals surface area contributed by atoms with Gasteiger partial charge in [0.25, 0.3) is 0 Å². The topological polar surface area (TPSA) is 115 Å². The molecule has 0 radical (unpaired) electrons. The molecule has 3 N–H and O–H groups in total. The summed E-state index contributed by atoms with van der Waals surface area (Å²) in [5, 5.41) is 7.33. The average Bonchev–Trinajstić information content (AvgIpc) is 3.27. The number of anilines is 1. The SMILES string of the molecule is C=CC(=O)N1CC2(CCCC(NC(=O)NC3C=CC(c4cc5c(N6CCOCC6)ncnc5[nH]4)=CC3)CC2)C1. The second-order valence-corrected chi connectivity index (χ2v) is 11.2. The number of nitrogens with one attached hydrogen (secondary N) is 3. The number of hydrogen-bond acceptors (Lipinski definition) is 6. The fourth-order valence-corrected chi connectivity index (χ4v) is 6.41. The van der Waals surface area contributed by atoms with Crippen LogP contribution in [0.1, 0.15) is 44.2 Å². The van der Waals surface area contributed by atoms with E-state index in [1.54, 1.807) is 6.33 Å². The standard InChI is InChI=1S/C29H37N7O3/c1-2-25(37)36-17-29(18-36)10-3-4-21(9-11-29)32-28(38)33-22-7-5-20(6-8-22)24-16-23-26(34-24)30-19-31-27(23)35-12-14-39-15-13-35/h2,5-7,16,19,21-22H,1,3-4,8-15,17-18H2,(H,30,31,34)(H2,32,33,38). The van der Waals surface area contributed by atoms with E-state index in [1.165, 1.54) is 6.08 Å². The summed E-state index contributed by atoms with van der Waals surface area (Å²) in [4.78, 5) is 41.2. The van der Waals surface area contributed by atoms with Crippen molar-refractivity contribution in [3.8, 4) is 0 Å². The molecule has 2 aliphatic carbocycles. The van der Waals surface area contributed by atoms with Gasteiger partial charge in [0, 0.05) is 43.3 Å². The van der Waals surface area contributed by atoms with Crippen molar-refractivity contribution < 1.29 is 14.3 Å². The number of nitrogens with zero attached hydrogens (tertiary/aromatic N) is 4. The first-order valence-corrected chi connectivity index (χ1v) is 14.1. The van der Waals surface area contributed by atoms with E-state index in [4.69, 9.17) is 4.74 Å². The van der Waals surface area contributed by atoms with Crippen molar-refractivity contribution in [1.29, 1.82) is 0 Å². The number of morpholine rings is 1. The predicted molar refractivity (Wildman–Crippen MR) is 150 cm³/mol. The molecule has 2 unspecified atom stereocenters. The van der Waals surface area contributed by atoms with Crippen molar-refractivity contribution in [2.24, 2.45) is 5.41 Å². The van der Waals surface area contributed by atoms with Gasteiger partial charge in [0.05, 0.1) is 24.6 Å². The van der Waals surface area contributed by atoms with Crippen molar-refractivity contribution in [2.45, 2.75) is 50.6 Å². The minimum absolute atomic E-state index is 0.0209. The van der Waals surface area contributed by atoms with Crippen LogP contribution in [-0.2, 0) is 9.53 Å². The number of likely N-dealkylation sites (tertiary alicyclic amines) is 1. The van der Waals surface area contributed by atoms with Crippen LogP contribution in [0.3, 0.4) is 0 Å². The zero-order valence-corrected chi connectivity index (χ0v) is 22.3. The molecule has 6 rings (SSSR count). The van der Waals surface area contributed by atoms with Gasteiger partial charge in [-0.25, -0.2) is 14.8 Å². The number of carbonyl (C=O) groups is 2. The van der Waals surface area contributed by atoms with Gasteiger partial charge in [-0.1, -0.05) is 31.2 Å². The summed E-state index contributed by atoms with van der Waals surface area (Å²) in [5.41, 5.74) is 3.12. The van der Waals surface area contributed by atoms with Crippen molar-refractivity contribution in [3.63, 3.8) is 0 Å². The summed E-state index contributed by atoms with van der Waals surface area (Å²) in [6.07, 6.45) is 15.1. The number of aromatic amines is 1. The van der Waals surface area contributed by atoms with Gasteiger partial charge in [0.15, 0.2) is 0 Å². The number of amides is 3. The van der Waals surface area contributed by atoms with Crippen LogP contribution in [0.2, 0.25) is 0 Å². The molecule has 1 spiro atoms. The van der Waals surface area contributed by atoms with Gasteiger partial charge in [0.2, 0.25) is 5.91 Å². The first-order chi connectivity index (χ1) is 19.0. The summed E-state index contributed by atoms with van der Waals surface area (Å²) in [6, 6.07) is 2.12. The van der Waals surface area contributed by atoms with Crippen LogP contribution >= 0.6 is 0 Å². The lowest BCUT2D eigenvalue weighted by Gasteiger charge is -2.50. The van der Waals surface area contributed by atoms with Gasteiger partial charge >= 0.3 is 6.03 Å². The number of aromatic nitrogens is 3. The third kappa shape index (κ3) is 5.43. The summed E-state index contributed by atoms with van der Waals surface area (Å²) in [5.74, 6) is 0.958. The van der Waals surface area contributed by atoms with Gasteiger partial charge in [-0.15, -0.1) is 0 Å². The van der Waals surface area contributed by atoms with E-state index in [0.717, 1.165) is 92.8 Å². The monoisotopic (exact) mass is 531 g/mol. The Labute approximate surface area is 228 Å². The molecule has 3 amide bonds. The highest BCUT2D eigenvalue weighted by molar-refractivity contribution is 5.92. The lowest BCUT2D eigenvalue weighted by atomic mass is 9.73. The molecule has 0 aromatic carbocycles. The molecule has 2 aromatic heterocycles. The van der Waals surface area contributed by atoms with Crippen LogP contribution in [0.15, 0.2) is 43.3 Å². The number of allylic oxidation sites excluding steroid dienone is 2. The van der Waals surface area contributed by atoms with Gasteiger partial charge in [-0.2, -0.15) is 0 Å². The second kappa shape index (κ2) is 10.8. The van der Waals surface area contributed by atoms with Gasteiger partial charge in [0.1, 0.15) is 17.8 Å². The fourth-order valence-electron chi connectivity index (χ4n) is 6.41. The summed E-state index contributed by atoms with van der Waals surface area (Å²) in [7, 11) is 0. The molecular weight excluding hydrogens is 494 g/mol. The maximum Gasteiger partial charge on any atom is 0.315 e. The third-order valence-corrected chi connectivity index (χ3v) is 8.60. The van der Waals surface area contributed by atoms with Crippen LogP contribution in [0, 0.1) is 5.41 Å². The van der Waals surface area contributed by atoms with Crippen molar-refractivity contribution in [1.82, 2.24) is 30.5 Å². The van der Waals surface area contributed by atoms with E-state index in [2.05, 4.69) is 61.4 Å². The lowest BCUT2D eigenvalue weighted by molar-refractivity contribution is -0.138. The normalized spacial score (nSPS) is 24.6. The van der Waals surface area contributed by atoms with Crippen molar-refractivity contribution in [3.05, 3.63) is 49.0 Å². The number of ether oxygens (including phenoxy) is 1. The zero-order chi connectivity index (χ0) is 26.8. The molecule has 39 heavy (non-hydrogen) atoms. The Morgan fingerprint density at radius 2 is 2.00 bits per heavy atom. The summed E-state index contributed by atoms with van der Waals surface area (Å²) in [6.45, 7) is 8.27.